The fraction of sp³-hybridized carbons (Fsp3) is 0.290. The molecule has 1 saturated heterocycles. The molecule has 6 rings (SSSR count). The van der Waals surface area contributed by atoms with Crippen LogP contribution in [-0.4, -0.2) is 71.5 Å². The largest absolute Gasteiger partial charge is 0.406 e. The molecule has 0 unspecified atom stereocenters. The minimum Gasteiger partial charge on any atom is -0.325 e. The first-order valence-electron chi connectivity index (χ1n) is 14.1. The highest BCUT2D eigenvalue weighted by Gasteiger charge is 2.41. The molecule has 0 aliphatic carbocycles. The number of carbonyl (C=O) groups is 3. The summed E-state index contributed by atoms with van der Waals surface area (Å²) in [5, 5.41) is 5.42. The van der Waals surface area contributed by atoms with Crippen LogP contribution in [0.4, 0.5) is 34.1 Å². The van der Waals surface area contributed by atoms with E-state index in [0.717, 1.165) is 11.3 Å². The first kappa shape index (κ1) is 29.5. The lowest BCUT2D eigenvalue weighted by atomic mass is 10.00. The van der Waals surface area contributed by atoms with Gasteiger partial charge >= 0.3 is 18.2 Å². The SMILES string of the molecule is O=C(N[C@@H]1N=C(c2ccccc2)c2cccc(Cl)c2N(CC(F)(F)F)C1=O)N1CCC(N2Cc3ccccc3NC2=O)CC1. The van der Waals surface area contributed by atoms with Crippen molar-refractivity contribution in [2.24, 2.45) is 4.99 Å². The van der Waals surface area contributed by atoms with Crippen LogP contribution in [0, 0.1) is 0 Å². The number of halogens is 4. The zero-order valence-corrected chi connectivity index (χ0v) is 24.1. The Morgan fingerprint density at radius 2 is 1.68 bits per heavy atom. The molecule has 0 saturated carbocycles. The number of hydrogen-bond acceptors (Lipinski definition) is 4. The standard InChI is InChI=1S/C31H28ClF3N6O3/c32-23-11-6-10-22-25(19-7-2-1-3-8-19)37-27(28(42)41(26(22)23)18-31(33,34)35)38-29(43)39-15-13-21(14-16-39)40-17-20-9-4-5-12-24(20)36-30(40)44/h1-12,21,27H,13-18H2,(H,36,44)(H,38,43)/t27-/m0/s1. The molecular weight excluding hydrogens is 597 g/mol. The number of likely N-dealkylation sites (tertiary alicyclic amines) is 1. The average molecular weight is 625 g/mol. The summed E-state index contributed by atoms with van der Waals surface area (Å²) in [4.78, 5) is 48.2. The molecule has 3 aliphatic heterocycles. The number of nitrogens with one attached hydrogen (secondary N) is 2. The Kier molecular flexibility index (Phi) is 7.93. The van der Waals surface area contributed by atoms with Crippen LogP contribution in [0.15, 0.2) is 77.8 Å². The number of urea groups is 2. The summed E-state index contributed by atoms with van der Waals surface area (Å²) in [6, 6.07) is 19.8. The van der Waals surface area contributed by atoms with Gasteiger partial charge < -0.3 is 20.4 Å². The number of alkyl halides is 3. The molecule has 3 aliphatic rings. The Bertz CT molecular complexity index is 1630. The second-order valence-electron chi connectivity index (χ2n) is 10.8. The third kappa shape index (κ3) is 5.94. The molecule has 228 valence electrons. The second-order valence-corrected chi connectivity index (χ2v) is 11.2. The Hall–Kier alpha value is -4.58. The average Bonchev–Trinajstić information content (AvgIpc) is 3.11. The number of carbonyl (C=O) groups excluding carboxylic acids is 3. The highest BCUT2D eigenvalue weighted by atomic mass is 35.5. The molecule has 0 bridgehead atoms. The van der Waals surface area contributed by atoms with Gasteiger partial charge in [-0.3, -0.25) is 9.69 Å². The first-order valence-corrected chi connectivity index (χ1v) is 14.5. The quantitative estimate of drug-likeness (QED) is 0.394. The van der Waals surface area contributed by atoms with E-state index in [1.54, 1.807) is 47.4 Å². The van der Waals surface area contributed by atoms with Gasteiger partial charge in [-0.05, 0) is 30.5 Å². The highest BCUT2D eigenvalue weighted by molar-refractivity contribution is 6.36. The van der Waals surface area contributed by atoms with Gasteiger partial charge in [0.2, 0.25) is 6.17 Å². The lowest BCUT2D eigenvalue weighted by molar-refractivity contribution is -0.133. The third-order valence-corrected chi connectivity index (χ3v) is 8.27. The summed E-state index contributed by atoms with van der Waals surface area (Å²) in [6.07, 6.45) is -5.42. The molecule has 3 aromatic carbocycles. The summed E-state index contributed by atoms with van der Waals surface area (Å²) >= 11 is 6.40. The van der Waals surface area contributed by atoms with Gasteiger partial charge in [-0.25, -0.2) is 14.6 Å². The van der Waals surface area contributed by atoms with E-state index in [-0.39, 0.29) is 47.1 Å². The normalized spacial score (nSPS) is 19.0. The van der Waals surface area contributed by atoms with Crippen molar-refractivity contribution >= 4 is 46.7 Å². The molecule has 0 aromatic heterocycles. The van der Waals surface area contributed by atoms with E-state index in [1.165, 1.54) is 11.0 Å². The minimum absolute atomic E-state index is 0.0536. The van der Waals surface area contributed by atoms with Gasteiger partial charge in [0.25, 0.3) is 5.91 Å². The van der Waals surface area contributed by atoms with E-state index in [4.69, 9.17) is 11.6 Å². The number of rotatable bonds is 4. The number of hydrogen-bond donors (Lipinski definition) is 2. The summed E-state index contributed by atoms with van der Waals surface area (Å²) in [5.41, 5.74) is 2.65. The molecule has 3 heterocycles. The summed E-state index contributed by atoms with van der Waals surface area (Å²) in [7, 11) is 0. The van der Waals surface area contributed by atoms with Crippen LogP contribution in [0.5, 0.6) is 0 Å². The smallest absolute Gasteiger partial charge is 0.325 e. The molecule has 9 nitrogen and oxygen atoms in total. The number of nitrogens with zero attached hydrogens (tertiary/aromatic N) is 4. The first-order chi connectivity index (χ1) is 21.1. The number of para-hydroxylation sites is 2. The van der Waals surface area contributed by atoms with E-state index in [1.807, 2.05) is 24.3 Å². The number of fused-ring (bicyclic) bond motifs is 2. The summed E-state index contributed by atoms with van der Waals surface area (Å²) in [5.74, 6) is -1.06. The van der Waals surface area contributed by atoms with Crippen molar-refractivity contribution < 1.29 is 27.6 Å². The van der Waals surface area contributed by atoms with E-state index in [9.17, 15) is 27.6 Å². The number of aliphatic imine (C=N–C) groups is 1. The van der Waals surface area contributed by atoms with Crippen LogP contribution in [0.25, 0.3) is 0 Å². The van der Waals surface area contributed by atoms with Crippen molar-refractivity contribution in [3.8, 4) is 0 Å². The van der Waals surface area contributed by atoms with Gasteiger partial charge in [0.05, 0.1) is 16.4 Å². The fourth-order valence-electron chi connectivity index (χ4n) is 5.85. The molecule has 0 radical (unpaired) electrons. The zero-order valence-electron chi connectivity index (χ0n) is 23.4. The Morgan fingerprint density at radius 3 is 2.41 bits per heavy atom. The van der Waals surface area contributed by atoms with Crippen LogP contribution in [0.2, 0.25) is 5.02 Å². The lowest BCUT2D eigenvalue weighted by Crippen LogP contribution is -2.56. The lowest BCUT2D eigenvalue weighted by Gasteiger charge is -2.40. The van der Waals surface area contributed by atoms with E-state index >= 15 is 0 Å². The highest BCUT2D eigenvalue weighted by Crippen LogP contribution is 2.36. The monoisotopic (exact) mass is 624 g/mol. The minimum atomic E-state index is -4.75. The van der Waals surface area contributed by atoms with E-state index in [2.05, 4.69) is 15.6 Å². The molecule has 2 N–H and O–H groups in total. The maximum Gasteiger partial charge on any atom is 0.406 e. The number of amides is 5. The van der Waals surface area contributed by atoms with Crippen LogP contribution in [-0.2, 0) is 11.3 Å². The van der Waals surface area contributed by atoms with Gasteiger partial charge in [0, 0.05) is 42.5 Å². The predicted molar refractivity (Wildman–Crippen MR) is 160 cm³/mol. The Balaban J connectivity index is 1.23. The number of benzene rings is 3. The topological polar surface area (TPSA) is 97.3 Å². The van der Waals surface area contributed by atoms with Gasteiger partial charge in [-0.1, -0.05) is 72.3 Å². The molecule has 0 spiro atoms. The molecule has 13 heteroatoms. The maximum absolute atomic E-state index is 13.8. The fourth-order valence-corrected chi connectivity index (χ4v) is 6.13. The molecule has 3 aromatic rings. The summed E-state index contributed by atoms with van der Waals surface area (Å²) < 4.78 is 41.3. The van der Waals surface area contributed by atoms with Gasteiger partial charge in [-0.2, -0.15) is 13.2 Å². The molecule has 44 heavy (non-hydrogen) atoms. The Labute approximate surface area is 256 Å². The van der Waals surface area contributed by atoms with Crippen molar-refractivity contribution in [1.29, 1.82) is 0 Å². The van der Waals surface area contributed by atoms with Crippen molar-refractivity contribution in [3.63, 3.8) is 0 Å². The van der Waals surface area contributed by atoms with Gasteiger partial charge in [0.1, 0.15) is 6.54 Å². The van der Waals surface area contributed by atoms with Gasteiger partial charge in [-0.15, -0.1) is 0 Å². The molecule has 5 amide bonds. The van der Waals surface area contributed by atoms with Crippen molar-refractivity contribution in [1.82, 2.24) is 15.1 Å². The maximum atomic E-state index is 13.8. The van der Waals surface area contributed by atoms with Crippen molar-refractivity contribution in [3.05, 3.63) is 94.5 Å². The van der Waals surface area contributed by atoms with E-state index in [0.29, 0.717) is 29.8 Å². The predicted octanol–water partition coefficient (Wildman–Crippen LogP) is 5.63. The Morgan fingerprint density at radius 1 is 0.977 bits per heavy atom. The second kappa shape index (κ2) is 11.8. The van der Waals surface area contributed by atoms with Crippen LogP contribution < -0.4 is 15.5 Å². The van der Waals surface area contributed by atoms with Crippen LogP contribution in [0.1, 0.15) is 29.5 Å². The van der Waals surface area contributed by atoms with Gasteiger partial charge in [0.15, 0.2) is 0 Å². The summed E-state index contributed by atoms with van der Waals surface area (Å²) in [6.45, 7) is -0.615. The van der Waals surface area contributed by atoms with Crippen LogP contribution >= 0.6 is 11.6 Å². The van der Waals surface area contributed by atoms with Crippen molar-refractivity contribution in [2.75, 3.05) is 29.9 Å². The van der Waals surface area contributed by atoms with Crippen molar-refractivity contribution in [2.45, 2.75) is 37.8 Å². The third-order valence-electron chi connectivity index (χ3n) is 7.97. The number of piperidine rings is 1. The zero-order chi connectivity index (χ0) is 31.0. The molecule has 1 atom stereocenters. The number of anilines is 2. The van der Waals surface area contributed by atoms with Crippen LogP contribution in [0.3, 0.4) is 0 Å². The van der Waals surface area contributed by atoms with E-state index < -0.39 is 30.8 Å². The molecular formula is C31H28ClF3N6O3. The molecule has 1 fully saturated rings. The number of benzodiazepines with no additional fused rings is 1.